The summed E-state index contributed by atoms with van der Waals surface area (Å²) in [6.45, 7) is 0.382. The first-order valence-corrected chi connectivity index (χ1v) is 6.81. The maximum Gasteiger partial charge on any atom is 0.253 e. The van der Waals surface area contributed by atoms with E-state index < -0.39 is 5.82 Å². The highest BCUT2D eigenvalue weighted by Crippen LogP contribution is 2.22. The molecule has 2 rings (SSSR count). The number of carbonyl (C=O) groups excluding carboxylic acids is 1. The van der Waals surface area contributed by atoms with E-state index in [9.17, 15) is 9.18 Å². The summed E-state index contributed by atoms with van der Waals surface area (Å²) in [6, 6.07) is 6.09. The van der Waals surface area contributed by atoms with Crippen molar-refractivity contribution in [3.63, 3.8) is 0 Å². The lowest BCUT2D eigenvalue weighted by molar-refractivity contribution is 0.0952. The Bertz CT molecular complexity index is 585. The van der Waals surface area contributed by atoms with Gasteiger partial charge in [0.2, 0.25) is 0 Å². The Morgan fingerprint density at radius 3 is 2.89 bits per heavy atom. The normalized spacial score (nSPS) is 10.3. The highest BCUT2D eigenvalue weighted by atomic mass is 79.9. The lowest BCUT2D eigenvalue weighted by Gasteiger charge is -2.07. The van der Waals surface area contributed by atoms with Gasteiger partial charge in [-0.25, -0.2) is 4.39 Å². The van der Waals surface area contributed by atoms with E-state index in [1.807, 2.05) is 11.4 Å². The number of thiophene rings is 1. The van der Waals surface area contributed by atoms with Crippen molar-refractivity contribution in [3.05, 3.63) is 50.4 Å². The average molecular weight is 329 g/mol. The van der Waals surface area contributed by atoms with E-state index in [0.717, 1.165) is 9.35 Å². The second-order valence-corrected chi connectivity index (χ2v) is 5.43. The molecule has 1 aromatic carbocycles. The molecule has 0 fully saturated rings. The molecule has 0 saturated heterocycles. The highest BCUT2D eigenvalue weighted by Gasteiger charge is 2.12. The largest absolute Gasteiger partial charge is 0.396 e. The second kappa shape index (κ2) is 5.49. The van der Waals surface area contributed by atoms with Crippen molar-refractivity contribution in [2.75, 3.05) is 5.73 Å². The minimum Gasteiger partial charge on any atom is -0.396 e. The minimum absolute atomic E-state index is 0.125. The number of hydrogen-bond acceptors (Lipinski definition) is 3. The molecule has 3 N–H and O–H groups in total. The first kappa shape index (κ1) is 13.0. The average Bonchev–Trinajstić information content (AvgIpc) is 2.75. The topological polar surface area (TPSA) is 55.1 Å². The Hall–Kier alpha value is -1.40. The van der Waals surface area contributed by atoms with Crippen molar-refractivity contribution < 1.29 is 9.18 Å². The third-order valence-electron chi connectivity index (χ3n) is 2.40. The first-order valence-electron chi connectivity index (χ1n) is 5.13. The number of benzene rings is 1. The summed E-state index contributed by atoms with van der Waals surface area (Å²) < 4.78 is 14.2. The molecule has 0 atom stereocenters. The molecule has 0 aliphatic heterocycles. The Labute approximate surface area is 116 Å². The fourth-order valence-corrected chi connectivity index (χ4v) is 2.87. The zero-order chi connectivity index (χ0) is 13.1. The van der Waals surface area contributed by atoms with Gasteiger partial charge in [0.05, 0.1) is 17.8 Å². The van der Waals surface area contributed by atoms with Gasteiger partial charge in [-0.2, -0.15) is 0 Å². The SMILES string of the molecule is Nc1c(F)cccc1C(=O)NCc1sccc1Br. The van der Waals surface area contributed by atoms with E-state index in [2.05, 4.69) is 21.2 Å². The van der Waals surface area contributed by atoms with Gasteiger partial charge in [-0.15, -0.1) is 11.3 Å². The van der Waals surface area contributed by atoms with Crippen LogP contribution in [0.1, 0.15) is 15.2 Å². The summed E-state index contributed by atoms with van der Waals surface area (Å²) in [4.78, 5) is 12.9. The number of nitrogen functional groups attached to an aromatic ring is 1. The van der Waals surface area contributed by atoms with E-state index in [1.165, 1.54) is 29.5 Å². The van der Waals surface area contributed by atoms with Crippen LogP contribution in [0.4, 0.5) is 10.1 Å². The van der Waals surface area contributed by atoms with Gasteiger partial charge in [0, 0.05) is 9.35 Å². The second-order valence-electron chi connectivity index (χ2n) is 3.58. The number of anilines is 1. The molecule has 2 aromatic rings. The molecular formula is C12H10BrFN2OS. The third kappa shape index (κ3) is 2.70. The van der Waals surface area contributed by atoms with Gasteiger partial charge in [-0.05, 0) is 39.5 Å². The van der Waals surface area contributed by atoms with Crippen molar-refractivity contribution in [3.8, 4) is 0 Å². The molecule has 0 aliphatic rings. The fourth-order valence-electron chi connectivity index (χ4n) is 1.44. The quantitative estimate of drug-likeness (QED) is 0.850. The molecule has 1 amide bonds. The molecule has 1 aromatic heterocycles. The molecule has 0 saturated carbocycles. The maximum absolute atomic E-state index is 13.2. The van der Waals surface area contributed by atoms with Gasteiger partial charge in [-0.1, -0.05) is 6.07 Å². The van der Waals surface area contributed by atoms with Gasteiger partial charge >= 0.3 is 0 Å². The van der Waals surface area contributed by atoms with Crippen molar-refractivity contribution in [2.24, 2.45) is 0 Å². The summed E-state index contributed by atoms with van der Waals surface area (Å²) in [5.74, 6) is -0.966. The summed E-state index contributed by atoms with van der Waals surface area (Å²) in [6.07, 6.45) is 0. The predicted molar refractivity (Wildman–Crippen MR) is 74.0 cm³/mol. The lowest BCUT2D eigenvalue weighted by Crippen LogP contribution is -2.23. The Morgan fingerprint density at radius 1 is 1.44 bits per heavy atom. The van der Waals surface area contributed by atoms with Crippen molar-refractivity contribution in [1.29, 1.82) is 0 Å². The standard InChI is InChI=1S/C12H10BrFN2OS/c13-8-4-5-18-10(8)6-16-12(17)7-2-1-3-9(14)11(7)15/h1-5H,6,15H2,(H,16,17). The van der Waals surface area contributed by atoms with E-state index in [0.29, 0.717) is 6.54 Å². The zero-order valence-electron chi connectivity index (χ0n) is 9.24. The van der Waals surface area contributed by atoms with Crippen LogP contribution >= 0.6 is 27.3 Å². The van der Waals surface area contributed by atoms with Crippen molar-refractivity contribution in [2.45, 2.75) is 6.54 Å². The van der Waals surface area contributed by atoms with Crippen LogP contribution in [0.25, 0.3) is 0 Å². The van der Waals surface area contributed by atoms with Gasteiger partial charge < -0.3 is 11.1 Å². The van der Waals surface area contributed by atoms with E-state index in [-0.39, 0.29) is 17.2 Å². The van der Waals surface area contributed by atoms with E-state index >= 15 is 0 Å². The monoisotopic (exact) mass is 328 g/mol. The first-order chi connectivity index (χ1) is 8.59. The van der Waals surface area contributed by atoms with Crippen LogP contribution in [0.3, 0.4) is 0 Å². The van der Waals surface area contributed by atoms with Gasteiger partial charge in [-0.3, -0.25) is 4.79 Å². The van der Waals surface area contributed by atoms with Crippen LogP contribution in [0.2, 0.25) is 0 Å². The Morgan fingerprint density at radius 2 is 2.22 bits per heavy atom. The van der Waals surface area contributed by atoms with Crippen LogP contribution in [-0.2, 0) is 6.54 Å². The smallest absolute Gasteiger partial charge is 0.253 e. The zero-order valence-corrected chi connectivity index (χ0v) is 11.6. The van der Waals surface area contributed by atoms with Crippen LogP contribution in [0.15, 0.2) is 34.1 Å². The number of para-hydroxylation sites is 1. The minimum atomic E-state index is -0.583. The predicted octanol–water partition coefficient (Wildman–Crippen LogP) is 3.16. The number of nitrogens with one attached hydrogen (secondary N) is 1. The molecule has 0 radical (unpaired) electrons. The molecule has 1 heterocycles. The number of nitrogens with two attached hydrogens (primary N) is 1. The van der Waals surface area contributed by atoms with Crippen molar-refractivity contribution >= 4 is 38.9 Å². The highest BCUT2D eigenvalue weighted by molar-refractivity contribution is 9.10. The third-order valence-corrected chi connectivity index (χ3v) is 4.32. The molecule has 0 spiro atoms. The molecule has 18 heavy (non-hydrogen) atoms. The van der Waals surface area contributed by atoms with Crippen LogP contribution < -0.4 is 11.1 Å². The van der Waals surface area contributed by atoms with Gasteiger partial charge in [0.25, 0.3) is 5.91 Å². The van der Waals surface area contributed by atoms with Crippen LogP contribution in [0, 0.1) is 5.82 Å². The number of halogens is 2. The summed E-state index contributed by atoms with van der Waals surface area (Å²) in [5.41, 5.74) is 5.55. The van der Waals surface area contributed by atoms with Gasteiger partial charge in [0.15, 0.2) is 0 Å². The number of hydrogen-bond donors (Lipinski definition) is 2. The number of amides is 1. The van der Waals surface area contributed by atoms with Crippen LogP contribution in [-0.4, -0.2) is 5.91 Å². The molecule has 94 valence electrons. The number of rotatable bonds is 3. The molecule has 0 bridgehead atoms. The number of carbonyl (C=O) groups is 1. The Balaban J connectivity index is 2.09. The molecule has 0 aliphatic carbocycles. The summed E-state index contributed by atoms with van der Waals surface area (Å²) in [5, 5.41) is 4.62. The lowest BCUT2D eigenvalue weighted by atomic mass is 10.1. The van der Waals surface area contributed by atoms with E-state index in [4.69, 9.17) is 5.73 Å². The molecule has 6 heteroatoms. The Kier molecular flexibility index (Phi) is 3.98. The molecule has 0 unspecified atom stereocenters. The van der Waals surface area contributed by atoms with Crippen molar-refractivity contribution in [1.82, 2.24) is 5.32 Å². The van der Waals surface area contributed by atoms with Gasteiger partial charge in [0.1, 0.15) is 5.82 Å². The maximum atomic E-state index is 13.2. The van der Waals surface area contributed by atoms with E-state index in [1.54, 1.807) is 0 Å². The fraction of sp³-hybridized carbons (Fsp3) is 0.0833. The molecule has 3 nitrogen and oxygen atoms in total. The van der Waals surface area contributed by atoms with Crippen LogP contribution in [0.5, 0.6) is 0 Å². The molecular weight excluding hydrogens is 319 g/mol. The summed E-state index contributed by atoms with van der Waals surface area (Å²) >= 11 is 4.90. The summed E-state index contributed by atoms with van der Waals surface area (Å²) in [7, 11) is 0.